The van der Waals surface area contributed by atoms with Crippen molar-refractivity contribution >= 4 is 58.5 Å². The summed E-state index contributed by atoms with van der Waals surface area (Å²) >= 11 is 14.6. The molecule has 0 radical (unpaired) electrons. The van der Waals surface area contributed by atoms with Gasteiger partial charge in [-0.2, -0.15) is 0 Å². The van der Waals surface area contributed by atoms with Crippen molar-refractivity contribution in [1.29, 1.82) is 0 Å². The Bertz CT molecular complexity index is 1640. The standard InChI is InChI=1S/C31H27Cl2FN2O7/c1-14-11-16(12-15(2)25(14)39)24-19-7-8-20-23(27(41)35(26(20)40)10-9-22(37)38)21(19)13-30(32)28(42)36(29(43)31(24,30)33)18-5-3-17(34)4-6-18/h3-7,11-12,20-21,23-24,39H,8-10,13H2,1-2H3,(H,37,38). The fourth-order valence-corrected chi connectivity index (χ4v) is 8.36. The van der Waals surface area contributed by atoms with Crippen molar-refractivity contribution in [3.63, 3.8) is 0 Å². The monoisotopic (exact) mass is 628 g/mol. The van der Waals surface area contributed by atoms with E-state index in [0.717, 1.165) is 21.9 Å². The third kappa shape index (κ3) is 3.99. The predicted molar refractivity (Wildman–Crippen MR) is 153 cm³/mol. The van der Waals surface area contributed by atoms with Gasteiger partial charge in [0.15, 0.2) is 9.75 Å². The largest absolute Gasteiger partial charge is 0.507 e. The molecule has 1 saturated carbocycles. The molecule has 0 bridgehead atoms. The van der Waals surface area contributed by atoms with E-state index < -0.39 is 75.3 Å². The molecule has 4 amide bonds. The number of anilines is 1. The highest BCUT2D eigenvalue weighted by molar-refractivity contribution is 6.58. The highest BCUT2D eigenvalue weighted by Crippen LogP contribution is 2.66. The van der Waals surface area contributed by atoms with Crippen LogP contribution in [0.2, 0.25) is 0 Å². The zero-order chi connectivity index (χ0) is 31.2. The van der Waals surface area contributed by atoms with E-state index in [-0.39, 0.29) is 30.8 Å². The number of carboxylic acids is 1. The number of aryl methyl sites for hydroxylation is 2. The first kappa shape index (κ1) is 29.3. The van der Waals surface area contributed by atoms with Gasteiger partial charge in [0, 0.05) is 12.5 Å². The van der Waals surface area contributed by atoms with Crippen LogP contribution in [0.3, 0.4) is 0 Å². The lowest BCUT2D eigenvalue weighted by atomic mass is 9.56. The SMILES string of the molecule is Cc1cc(C2C3=CCC4C(=O)N(CCC(=O)O)C(=O)C4C3CC3(Cl)C(=O)N(c4ccc(F)cc4)C(=O)C23Cl)cc(C)c1O. The minimum atomic E-state index is -2.08. The number of aromatic hydroxyl groups is 1. The molecule has 3 fully saturated rings. The van der Waals surface area contributed by atoms with Crippen LogP contribution in [0.15, 0.2) is 48.0 Å². The zero-order valence-electron chi connectivity index (χ0n) is 23.1. The van der Waals surface area contributed by atoms with E-state index in [0.29, 0.717) is 22.3 Å². The number of aliphatic carboxylic acids is 1. The molecule has 224 valence electrons. The van der Waals surface area contributed by atoms with Crippen LogP contribution in [0, 0.1) is 37.4 Å². The third-order valence-electron chi connectivity index (χ3n) is 9.38. The van der Waals surface area contributed by atoms with Gasteiger partial charge in [-0.05, 0) is 73.6 Å². The number of allylic oxidation sites excluding steroid dienone is 2. The van der Waals surface area contributed by atoms with E-state index in [2.05, 4.69) is 0 Å². The molecule has 2 aromatic rings. The number of phenolic OH excluding ortho intramolecular Hbond substituents is 1. The second-order valence-corrected chi connectivity index (χ2v) is 13.0. The van der Waals surface area contributed by atoms with Crippen molar-refractivity contribution in [1.82, 2.24) is 4.90 Å². The van der Waals surface area contributed by atoms with Crippen LogP contribution in [-0.2, 0) is 24.0 Å². The zero-order valence-corrected chi connectivity index (χ0v) is 24.7. The number of nitrogens with zero attached hydrogens (tertiary/aromatic N) is 2. The van der Waals surface area contributed by atoms with Crippen LogP contribution in [0.5, 0.6) is 5.75 Å². The number of hydrogen-bond acceptors (Lipinski definition) is 6. The molecule has 6 unspecified atom stereocenters. The van der Waals surface area contributed by atoms with Gasteiger partial charge in [0.25, 0.3) is 11.8 Å². The Hall–Kier alpha value is -3.76. The fourth-order valence-electron chi connectivity index (χ4n) is 7.42. The summed E-state index contributed by atoms with van der Waals surface area (Å²) in [5.74, 6) is -7.94. The number of rotatable bonds is 5. The molecule has 4 aliphatic rings. The quantitative estimate of drug-likeness (QED) is 0.288. The highest BCUT2D eigenvalue weighted by atomic mass is 35.5. The van der Waals surface area contributed by atoms with Crippen LogP contribution in [-0.4, -0.2) is 61.0 Å². The normalized spacial score (nSPS) is 31.6. The number of phenols is 1. The average Bonchev–Trinajstić information content (AvgIpc) is 3.28. The molecule has 2 aliphatic heterocycles. The lowest BCUT2D eigenvalue weighted by Gasteiger charge is -2.50. The number of carboxylic acid groups (broad SMARTS) is 1. The number of benzene rings is 2. The van der Waals surface area contributed by atoms with Crippen molar-refractivity contribution in [2.24, 2.45) is 17.8 Å². The molecule has 2 aromatic carbocycles. The van der Waals surface area contributed by atoms with Crippen molar-refractivity contribution in [3.05, 3.63) is 70.6 Å². The number of imide groups is 2. The van der Waals surface area contributed by atoms with Crippen LogP contribution in [0.25, 0.3) is 0 Å². The minimum absolute atomic E-state index is 0.0435. The first-order valence-electron chi connectivity index (χ1n) is 13.8. The smallest absolute Gasteiger partial charge is 0.305 e. The molecule has 2 saturated heterocycles. The Morgan fingerprint density at radius 1 is 1.00 bits per heavy atom. The summed E-state index contributed by atoms with van der Waals surface area (Å²) in [6.45, 7) is 3.07. The summed E-state index contributed by atoms with van der Waals surface area (Å²) in [6.07, 6.45) is 1.26. The number of carbonyl (C=O) groups is 5. The van der Waals surface area contributed by atoms with E-state index in [1.807, 2.05) is 0 Å². The van der Waals surface area contributed by atoms with Gasteiger partial charge in [0.2, 0.25) is 11.8 Å². The van der Waals surface area contributed by atoms with E-state index in [9.17, 15) is 33.5 Å². The topological polar surface area (TPSA) is 132 Å². The van der Waals surface area contributed by atoms with E-state index in [1.165, 1.54) is 12.1 Å². The summed E-state index contributed by atoms with van der Waals surface area (Å²) in [7, 11) is 0. The van der Waals surface area contributed by atoms with E-state index >= 15 is 0 Å². The number of fused-ring (bicyclic) bond motifs is 4. The fraction of sp³-hybridized carbons (Fsp3) is 0.387. The van der Waals surface area contributed by atoms with Crippen molar-refractivity contribution in [2.45, 2.75) is 48.8 Å². The number of halogens is 3. The van der Waals surface area contributed by atoms with E-state index in [4.69, 9.17) is 28.3 Å². The van der Waals surface area contributed by atoms with Gasteiger partial charge in [-0.1, -0.05) is 23.8 Å². The third-order valence-corrected chi connectivity index (χ3v) is 10.8. The molecular formula is C31H27Cl2FN2O7. The maximum Gasteiger partial charge on any atom is 0.305 e. The van der Waals surface area contributed by atoms with Crippen molar-refractivity contribution < 1.29 is 38.6 Å². The van der Waals surface area contributed by atoms with E-state index in [1.54, 1.807) is 32.1 Å². The summed E-state index contributed by atoms with van der Waals surface area (Å²) in [4.78, 5) is 64.4. The Labute approximate surface area is 255 Å². The molecule has 12 heteroatoms. The van der Waals surface area contributed by atoms with Crippen molar-refractivity contribution in [3.8, 4) is 5.75 Å². The number of carbonyl (C=O) groups excluding carboxylic acids is 4. The van der Waals surface area contributed by atoms with Crippen molar-refractivity contribution in [2.75, 3.05) is 11.4 Å². The summed E-state index contributed by atoms with van der Waals surface area (Å²) in [5.41, 5.74) is 2.12. The lowest BCUT2D eigenvalue weighted by Crippen LogP contribution is -2.60. The first-order valence-corrected chi connectivity index (χ1v) is 14.6. The maximum absolute atomic E-state index is 14.3. The summed E-state index contributed by atoms with van der Waals surface area (Å²) < 4.78 is 13.8. The maximum atomic E-state index is 14.3. The minimum Gasteiger partial charge on any atom is -0.507 e. The van der Waals surface area contributed by atoms with Crippen LogP contribution in [0.1, 0.15) is 41.9 Å². The molecule has 0 aromatic heterocycles. The Morgan fingerprint density at radius 2 is 1.63 bits per heavy atom. The molecule has 0 spiro atoms. The van der Waals surface area contributed by atoms with Crippen LogP contribution < -0.4 is 4.90 Å². The highest BCUT2D eigenvalue weighted by Gasteiger charge is 2.76. The summed E-state index contributed by atoms with van der Waals surface area (Å²) in [6, 6.07) is 8.06. The molecule has 9 nitrogen and oxygen atoms in total. The van der Waals surface area contributed by atoms with Gasteiger partial charge < -0.3 is 10.2 Å². The van der Waals surface area contributed by atoms with Gasteiger partial charge in [0.1, 0.15) is 11.6 Å². The van der Waals surface area contributed by atoms with Gasteiger partial charge in [-0.3, -0.25) is 28.9 Å². The number of alkyl halides is 2. The molecular weight excluding hydrogens is 602 g/mol. The van der Waals surface area contributed by atoms with Gasteiger partial charge in [0.05, 0.1) is 23.9 Å². The second kappa shape index (κ2) is 9.89. The summed E-state index contributed by atoms with van der Waals surface area (Å²) in [5, 5.41) is 19.7. The second-order valence-electron chi connectivity index (χ2n) is 11.7. The Balaban J connectivity index is 1.53. The van der Waals surface area contributed by atoms with Crippen LogP contribution in [0.4, 0.5) is 10.1 Å². The molecule has 2 N–H and O–H groups in total. The molecule has 2 aliphatic carbocycles. The lowest BCUT2D eigenvalue weighted by molar-refractivity contribution is -0.142. The molecule has 6 atom stereocenters. The molecule has 2 heterocycles. The number of likely N-dealkylation sites (tertiary alicyclic amines) is 1. The number of amides is 4. The van der Waals surface area contributed by atoms with Gasteiger partial charge >= 0.3 is 5.97 Å². The average molecular weight is 629 g/mol. The van der Waals surface area contributed by atoms with Gasteiger partial charge in [-0.25, -0.2) is 9.29 Å². The van der Waals surface area contributed by atoms with Crippen LogP contribution >= 0.6 is 23.2 Å². The predicted octanol–water partition coefficient (Wildman–Crippen LogP) is 4.19. The first-order chi connectivity index (χ1) is 20.2. The number of hydrogen-bond donors (Lipinski definition) is 2. The molecule has 6 rings (SSSR count). The van der Waals surface area contributed by atoms with Gasteiger partial charge in [-0.15, -0.1) is 23.2 Å². The Morgan fingerprint density at radius 3 is 2.23 bits per heavy atom. The Kier molecular flexibility index (Phi) is 6.74. The molecule has 43 heavy (non-hydrogen) atoms.